The second kappa shape index (κ2) is 8.25. The minimum atomic E-state index is -0.400. The molecule has 0 heterocycles. The number of benzene rings is 1. The van der Waals surface area contributed by atoms with Gasteiger partial charge in [-0.25, -0.2) is 0 Å². The highest BCUT2D eigenvalue weighted by molar-refractivity contribution is 5.93. The van der Waals surface area contributed by atoms with Crippen LogP contribution in [0.15, 0.2) is 30.3 Å². The summed E-state index contributed by atoms with van der Waals surface area (Å²) in [6, 6.07) is 8.06. The molecule has 0 atom stereocenters. The molecule has 0 bridgehead atoms. The van der Waals surface area contributed by atoms with Gasteiger partial charge in [0.15, 0.2) is 0 Å². The Morgan fingerprint density at radius 1 is 1.24 bits per heavy atom. The Hall–Kier alpha value is -2.10. The van der Waals surface area contributed by atoms with Crippen molar-refractivity contribution in [2.24, 2.45) is 0 Å². The van der Waals surface area contributed by atoms with E-state index in [0.717, 1.165) is 5.56 Å². The van der Waals surface area contributed by atoms with Crippen LogP contribution in [0.1, 0.15) is 37.8 Å². The second-order valence-electron chi connectivity index (χ2n) is 5.15. The van der Waals surface area contributed by atoms with Gasteiger partial charge in [0.05, 0.1) is 6.61 Å². The molecule has 0 N–H and O–H groups in total. The van der Waals surface area contributed by atoms with Crippen LogP contribution in [0.25, 0.3) is 6.08 Å². The number of carbonyl (C=O) groups excluding carboxylic acids is 2. The molecular formula is C17H23NO3. The summed E-state index contributed by atoms with van der Waals surface area (Å²) in [5.41, 5.74) is 2.22. The van der Waals surface area contributed by atoms with E-state index in [2.05, 4.69) is 26.0 Å². The minimum absolute atomic E-state index is 0.0384. The number of hydrogen-bond acceptors (Lipinski definition) is 3. The van der Waals surface area contributed by atoms with E-state index in [1.54, 1.807) is 20.0 Å². The molecule has 0 aromatic heterocycles. The van der Waals surface area contributed by atoms with E-state index in [1.165, 1.54) is 16.5 Å². The van der Waals surface area contributed by atoms with Crippen molar-refractivity contribution in [1.82, 2.24) is 4.90 Å². The van der Waals surface area contributed by atoms with Gasteiger partial charge in [-0.15, -0.1) is 0 Å². The van der Waals surface area contributed by atoms with Crippen LogP contribution in [0.5, 0.6) is 0 Å². The topological polar surface area (TPSA) is 46.6 Å². The van der Waals surface area contributed by atoms with Gasteiger partial charge in [0.25, 0.3) is 0 Å². The van der Waals surface area contributed by atoms with Crippen LogP contribution in [0, 0.1) is 0 Å². The quantitative estimate of drug-likeness (QED) is 0.597. The maximum atomic E-state index is 11.9. The van der Waals surface area contributed by atoms with E-state index >= 15 is 0 Å². The van der Waals surface area contributed by atoms with Crippen LogP contribution in [-0.4, -0.2) is 37.0 Å². The summed E-state index contributed by atoms with van der Waals surface area (Å²) in [7, 11) is 1.57. The maximum Gasteiger partial charge on any atom is 0.325 e. The third-order valence-electron chi connectivity index (χ3n) is 3.07. The predicted molar refractivity (Wildman–Crippen MR) is 83.8 cm³/mol. The van der Waals surface area contributed by atoms with Crippen molar-refractivity contribution in [3.05, 3.63) is 41.5 Å². The third kappa shape index (κ3) is 5.81. The molecule has 1 aromatic carbocycles. The van der Waals surface area contributed by atoms with Gasteiger partial charge in [0, 0.05) is 13.1 Å². The van der Waals surface area contributed by atoms with Crippen molar-refractivity contribution in [3.63, 3.8) is 0 Å². The molecule has 4 heteroatoms. The van der Waals surface area contributed by atoms with E-state index in [1.807, 2.05) is 12.1 Å². The van der Waals surface area contributed by atoms with Crippen molar-refractivity contribution in [1.29, 1.82) is 0 Å². The van der Waals surface area contributed by atoms with Crippen LogP contribution in [0.3, 0.4) is 0 Å². The predicted octanol–water partition coefficient (Wildman–Crippen LogP) is 2.84. The Morgan fingerprint density at radius 2 is 1.86 bits per heavy atom. The molecule has 0 aliphatic rings. The molecular weight excluding hydrogens is 266 g/mol. The monoisotopic (exact) mass is 289 g/mol. The van der Waals surface area contributed by atoms with Gasteiger partial charge in [-0.2, -0.15) is 0 Å². The average Bonchev–Trinajstić information content (AvgIpc) is 2.45. The highest BCUT2D eigenvalue weighted by Gasteiger charge is 2.10. The smallest absolute Gasteiger partial charge is 0.325 e. The Balaban J connectivity index is 2.58. The molecule has 4 nitrogen and oxygen atoms in total. The van der Waals surface area contributed by atoms with Crippen molar-refractivity contribution in [2.75, 3.05) is 20.2 Å². The Morgan fingerprint density at radius 3 is 2.38 bits per heavy atom. The highest BCUT2D eigenvalue weighted by atomic mass is 16.5. The lowest BCUT2D eigenvalue weighted by atomic mass is 10.0. The molecule has 0 saturated heterocycles. The van der Waals surface area contributed by atoms with Crippen molar-refractivity contribution < 1.29 is 14.3 Å². The van der Waals surface area contributed by atoms with Crippen LogP contribution >= 0.6 is 0 Å². The van der Waals surface area contributed by atoms with E-state index in [0.29, 0.717) is 12.5 Å². The number of esters is 1. The summed E-state index contributed by atoms with van der Waals surface area (Å²) in [6.45, 7) is 6.29. The number of nitrogens with zero attached hydrogens (tertiary/aromatic N) is 1. The van der Waals surface area contributed by atoms with Gasteiger partial charge in [0.1, 0.15) is 6.54 Å². The number of rotatable bonds is 6. The zero-order valence-corrected chi connectivity index (χ0v) is 13.1. The second-order valence-corrected chi connectivity index (χ2v) is 5.15. The van der Waals surface area contributed by atoms with Crippen LogP contribution < -0.4 is 0 Å². The molecule has 114 valence electrons. The van der Waals surface area contributed by atoms with E-state index in [9.17, 15) is 9.59 Å². The molecule has 1 aromatic rings. The molecule has 1 rings (SSSR count). The van der Waals surface area contributed by atoms with Gasteiger partial charge in [-0.1, -0.05) is 38.1 Å². The van der Waals surface area contributed by atoms with Crippen LogP contribution in [-0.2, 0) is 14.3 Å². The Bertz CT molecular complexity index is 503. The SMILES string of the molecule is CCOC(=O)CN(C)C(=O)/C=C/c1ccc(C(C)C)cc1. The number of amides is 1. The van der Waals surface area contributed by atoms with Crippen molar-refractivity contribution >= 4 is 18.0 Å². The van der Waals surface area contributed by atoms with E-state index < -0.39 is 5.97 Å². The lowest BCUT2D eigenvalue weighted by molar-refractivity contribution is -0.146. The zero-order valence-electron chi connectivity index (χ0n) is 13.1. The summed E-state index contributed by atoms with van der Waals surface area (Å²) < 4.78 is 4.80. The van der Waals surface area contributed by atoms with Crippen LogP contribution in [0.4, 0.5) is 0 Å². The molecule has 1 amide bonds. The lowest BCUT2D eigenvalue weighted by Crippen LogP contribution is -2.31. The van der Waals surface area contributed by atoms with Crippen LogP contribution in [0.2, 0.25) is 0 Å². The molecule has 0 radical (unpaired) electrons. The highest BCUT2D eigenvalue weighted by Crippen LogP contribution is 2.15. The summed E-state index contributed by atoms with van der Waals surface area (Å²) in [6.07, 6.45) is 3.21. The molecule has 0 unspecified atom stereocenters. The van der Waals surface area contributed by atoms with Crippen molar-refractivity contribution in [3.8, 4) is 0 Å². The third-order valence-corrected chi connectivity index (χ3v) is 3.07. The van der Waals surface area contributed by atoms with Crippen molar-refractivity contribution in [2.45, 2.75) is 26.7 Å². The Kier molecular flexibility index (Phi) is 6.66. The first-order valence-corrected chi connectivity index (χ1v) is 7.12. The molecule has 21 heavy (non-hydrogen) atoms. The maximum absolute atomic E-state index is 11.9. The van der Waals surface area contributed by atoms with Gasteiger partial charge in [-0.3, -0.25) is 9.59 Å². The Labute approximate surface area is 126 Å². The van der Waals surface area contributed by atoms with E-state index in [4.69, 9.17) is 4.74 Å². The standard InChI is InChI=1S/C17H23NO3/c1-5-21-17(20)12-18(4)16(19)11-8-14-6-9-15(10-7-14)13(2)3/h6-11,13H,5,12H2,1-4H3/b11-8+. The molecule has 0 aliphatic carbocycles. The van der Waals surface area contributed by atoms with Gasteiger partial charge < -0.3 is 9.64 Å². The number of carbonyl (C=O) groups is 2. The molecule has 0 saturated carbocycles. The fourth-order valence-corrected chi connectivity index (χ4v) is 1.76. The molecule has 0 fully saturated rings. The van der Waals surface area contributed by atoms with Gasteiger partial charge in [0.2, 0.25) is 5.91 Å². The number of hydrogen-bond donors (Lipinski definition) is 0. The summed E-state index contributed by atoms with van der Waals surface area (Å²) in [5, 5.41) is 0. The fraction of sp³-hybridized carbons (Fsp3) is 0.412. The molecule has 0 aliphatic heterocycles. The first kappa shape index (κ1) is 17.0. The minimum Gasteiger partial charge on any atom is -0.465 e. The van der Waals surface area contributed by atoms with Gasteiger partial charge in [-0.05, 0) is 30.0 Å². The summed E-state index contributed by atoms with van der Waals surface area (Å²) in [5.74, 6) is -0.139. The van der Waals surface area contributed by atoms with Gasteiger partial charge >= 0.3 is 5.97 Å². The normalized spacial score (nSPS) is 10.9. The number of likely N-dealkylation sites (N-methyl/N-ethyl adjacent to an activating group) is 1. The van der Waals surface area contributed by atoms with E-state index in [-0.39, 0.29) is 12.5 Å². The molecule has 0 spiro atoms. The number of ether oxygens (including phenoxy) is 1. The fourth-order valence-electron chi connectivity index (χ4n) is 1.76. The average molecular weight is 289 g/mol. The first-order chi connectivity index (χ1) is 9.93. The zero-order chi connectivity index (χ0) is 15.8. The lowest BCUT2D eigenvalue weighted by Gasteiger charge is -2.13. The first-order valence-electron chi connectivity index (χ1n) is 7.12. The summed E-state index contributed by atoms with van der Waals surface area (Å²) in [4.78, 5) is 24.5. The summed E-state index contributed by atoms with van der Waals surface area (Å²) >= 11 is 0. The largest absolute Gasteiger partial charge is 0.465 e.